The molecule has 0 aromatic carbocycles. The van der Waals surface area contributed by atoms with E-state index >= 15 is 0 Å². The first-order chi connectivity index (χ1) is 6.23. The molecule has 0 unspecified atom stereocenters. The van der Waals surface area contributed by atoms with Gasteiger partial charge in [-0.2, -0.15) is 0 Å². The van der Waals surface area contributed by atoms with Crippen molar-refractivity contribution in [2.75, 3.05) is 6.61 Å². The molecule has 0 amide bonds. The maximum atomic E-state index is 9.70. The maximum absolute atomic E-state index is 9.70. The van der Waals surface area contributed by atoms with Gasteiger partial charge in [0.05, 0.1) is 6.61 Å². The van der Waals surface area contributed by atoms with Crippen molar-refractivity contribution in [3.05, 3.63) is 0 Å². The predicted molar refractivity (Wildman–Crippen MR) is 45.2 cm³/mol. The van der Waals surface area contributed by atoms with Crippen molar-refractivity contribution in [3.63, 3.8) is 0 Å². The van der Waals surface area contributed by atoms with E-state index in [9.17, 15) is 20.4 Å². The molecule has 6 heteroatoms. The molecule has 6 nitrogen and oxygen atoms in total. The van der Waals surface area contributed by atoms with Gasteiger partial charge in [-0.3, -0.25) is 0 Å². The fourth-order valence-corrected chi connectivity index (χ4v) is 1.50. The monoisotopic (exact) mass is 208 g/mol. The molecule has 1 rings (SSSR count). The van der Waals surface area contributed by atoms with E-state index in [0.29, 0.717) is 0 Å². The Morgan fingerprint density at radius 1 is 1.14 bits per heavy atom. The zero-order valence-electron chi connectivity index (χ0n) is 8.08. The molecule has 0 aliphatic carbocycles. The molecule has 0 saturated carbocycles. The lowest BCUT2D eigenvalue weighted by molar-refractivity contribution is -0.363. The van der Waals surface area contributed by atoms with E-state index < -0.39 is 36.3 Å². The Morgan fingerprint density at radius 2 is 1.64 bits per heavy atom. The number of rotatable bonds is 1. The first kappa shape index (κ1) is 11.8. The van der Waals surface area contributed by atoms with E-state index in [4.69, 9.17) is 9.84 Å². The Morgan fingerprint density at radius 3 is 2.07 bits per heavy atom. The van der Waals surface area contributed by atoms with Crippen LogP contribution in [0.4, 0.5) is 0 Å². The van der Waals surface area contributed by atoms with Crippen LogP contribution in [0.25, 0.3) is 0 Å². The summed E-state index contributed by atoms with van der Waals surface area (Å²) in [4.78, 5) is 0. The molecule has 84 valence electrons. The molecule has 0 aromatic heterocycles. The first-order valence-electron chi connectivity index (χ1n) is 4.33. The maximum Gasteiger partial charge on any atom is 0.192 e. The van der Waals surface area contributed by atoms with Crippen LogP contribution in [0.5, 0.6) is 0 Å². The molecule has 5 atom stereocenters. The summed E-state index contributed by atoms with van der Waals surface area (Å²) in [6, 6.07) is 0. The third kappa shape index (κ3) is 1.65. The highest BCUT2D eigenvalue weighted by Gasteiger charge is 2.56. The number of ether oxygens (including phenoxy) is 1. The number of aliphatic hydroxyl groups excluding tert-OH is 3. The molecule has 1 aliphatic heterocycles. The molecular weight excluding hydrogens is 192 g/mol. The van der Waals surface area contributed by atoms with Crippen molar-refractivity contribution in [3.8, 4) is 0 Å². The summed E-state index contributed by atoms with van der Waals surface area (Å²) in [5.74, 6) is -1.98. The van der Waals surface area contributed by atoms with Crippen molar-refractivity contribution >= 4 is 0 Å². The summed E-state index contributed by atoms with van der Waals surface area (Å²) in [5.41, 5.74) is -1.80. The molecule has 1 saturated heterocycles. The highest BCUT2D eigenvalue weighted by molar-refractivity contribution is 5.01. The molecular formula is C8H16O6. The average molecular weight is 208 g/mol. The van der Waals surface area contributed by atoms with E-state index in [1.807, 2.05) is 0 Å². The van der Waals surface area contributed by atoms with Crippen molar-refractivity contribution < 1.29 is 30.3 Å². The van der Waals surface area contributed by atoms with Crippen LogP contribution >= 0.6 is 0 Å². The summed E-state index contributed by atoms with van der Waals surface area (Å²) in [5, 5.41) is 46.9. The van der Waals surface area contributed by atoms with Gasteiger partial charge >= 0.3 is 0 Å². The van der Waals surface area contributed by atoms with E-state index in [-0.39, 0.29) is 0 Å². The lowest BCUT2D eigenvalue weighted by Gasteiger charge is -2.49. The molecule has 1 heterocycles. The Hall–Kier alpha value is -0.240. The number of hydrogen-bond acceptors (Lipinski definition) is 6. The third-order valence-electron chi connectivity index (χ3n) is 2.65. The normalized spacial score (nSPS) is 54.6. The van der Waals surface area contributed by atoms with Gasteiger partial charge in [0, 0.05) is 0 Å². The Kier molecular flexibility index (Phi) is 2.88. The highest BCUT2D eigenvalue weighted by Crippen LogP contribution is 2.33. The molecule has 14 heavy (non-hydrogen) atoms. The SMILES string of the molecule is C[C@]1(O)[C@H](O)[C@@H](O)[C@](C)(O)O[C@@H]1CO. The van der Waals surface area contributed by atoms with Crippen molar-refractivity contribution in [2.45, 2.75) is 43.5 Å². The Bertz CT molecular complexity index is 210. The van der Waals surface area contributed by atoms with Gasteiger partial charge in [0.2, 0.25) is 0 Å². The molecule has 1 fully saturated rings. The minimum atomic E-state index is -1.98. The third-order valence-corrected chi connectivity index (χ3v) is 2.65. The minimum absolute atomic E-state index is 0.563. The summed E-state index contributed by atoms with van der Waals surface area (Å²) in [7, 11) is 0. The molecule has 1 aliphatic rings. The lowest BCUT2D eigenvalue weighted by Crippen LogP contribution is -2.69. The second-order valence-corrected chi connectivity index (χ2v) is 3.96. The quantitative estimate of drug-likeness (QED) is 0.327. The van der Waals surface area contributed by atoms with Crippen molar-refractivity contribution in [1.82, 2.24) is 0 Å². The van der Waals surface area contributed by atoms with Gasteiger partial charge in [-0.05, 0) is 13.8 Å². The molecule has 0 radical (unpaired) electrons. The first-order valence-corrected chi connectivity index (χ1v) is 4.33. The van der Waals surface area contributed by atoms with Gasteiger partial charge < -0.3 is 30.3 Å². The second-order valence-electron chi connectivity index (χ2n) is 3.96. The highest BCUT2D eigenvalue weighted by atomic mass is 16.7. The van der Waals surface area contributed by atoms with Crippen LogP contribution in [0.2, 0.25) is 0 Å². The van der Waals surface area contributed by atoms with Crippen LogP contribution in [0.3, 0.4) is 0 Å². The number of aliphatic hydroxyl groups is 5. The average Bonchev–Trinajstić information content (AvgIpc) is 2.09. The molecule has 5 N–H and O–H groups in total. The van der Waals surface area contributed by atoms with Gasteiger partial charge in [-0.25, -0.2) is 0 Å². The van der Waals surface area contributed by atoms with E-state index in [1.165, 1.54) is 6.92 Å². The standard InChI is InChI=1S/C8H16O6/c1-7(12)4(3-9)14-8(2,13)6(11)5(7)10/h4-6,9-13H,3H2,1-2H3/t4-,5-,6-,7-,8-/m1/s1. The van der Waals surface area contributed by atoms with Crippen molar-refractivity contribution in [2.24, 2.45) is 0 Å². The second kappa shape index (κ2) is 3.41. The van der Waals surface area contributed by atoms with Crippen LogP contribution < -0.4 is 0 Å². The lowest BCUT2D eigenvalue weighted by atomic mass is 9.83. The van der Waals surface area contributed by atoms with Gasteiger partial charge in [0.1, 0.15) is 23.9 Å². The van der Waals surface area contributed by atoms with Gasteiger partial charge in [-0.1, -0.05) is 0 Å². The summed E-state index contributed by atoms with van der Waals surface area (Å²) < 4.78 is 4.87. The van der Waals surface area contributed by atoms with E-state index in [2.05, 4.69) is 0 Å². The Labute approximate surface area is 81.4 Å². The molecule has 0 spiro atoms. The molecule has 0 bridgehead atoms. The summed E-state index contributed by atoms with van der Waals surface area (Å²) in [6.45, 7) is 1.81. The van der Waals surface area contributed by atoms with Gasteiger partial charge in [0.25, 0.3) is 0 Å². The van der Waals surface area contributed by atoms with Gasteiger partial charge in [-0.15, -0.1) is 0 Å². The largest absolute Gasteiger partial charge is 0.394 e. The fourth-order valence-electron chi connectivity index (χ4n) is 1.50. The minimum Gasteiger partial charge on any atom is -0.394 e. The van der Waals surface area contributed by atoms with Gasteiger partial charge in [0.15, 0.2) is 5.79 Å². The van der Waals surface area contributed by atoms with Crippen LogP contribution in [-0.2, 0) is 4.74 Å². The zero-order chi connectivity index (χ0) is 11.1. The zero-order valence-corrected chi connectivity index (χ0v) is 8.08. The van der Waals surface area contributed by atoms with E-state index in [0.717, 1.165) is 6.92 Å². The Balaban J connectivity index is 2.95. The topological polar surface area (TPSA) is 110 Å². The smallest absolute Gasteiger partial charge is 0.192 e. The van der Waals surface area contributed by atoms with Crippen LogP contribution in [0, 0.1) is 0 Å². The van der Waals surface area contributed by atoms with E-state index in [1.54, 1.807) is 0 Å². The fraction of sp³-hybridized carbons (Fsp3) is 1.00. The van der Waals surface area contributed by atoms with Crippen LogP contribution in [0.15, 0.2) is 0 Å². The predicted octanol–water partition coefficient (Wildman–Crippen LogP) is -2.44. The summed E-state index contributed by atoms with van der Waals surface area (Å²) in [6.07, 6.45) is -4.35. The summed E-state index contributed by atoms with van der Waals surface area (Å²) >= 11 is 0. The van der Waals surface area contributed by atoms with Crippen LogP contribution in [0.1, 0.15) is 13.8 Å². The van der Waals surface area contributed by atoms with Crippen molar-refractivity contribution in [1.29, 1.82) is 0 Å². The molecule has 0 aromatic rings. The van der Waals surface area contributed by atoms with Crippen LogP contribution in [-0.4, -0.2) is 61.8 Å². The number of hydrogen-bond donors (Lipinski definition) is 5.